The second-order valence-corrected chi connectivity index (χ2v) is 5.85. The highest BCUT2D eigenvalue weighted by molar-refractivity contribution is 5.43. The van der Waals surface area contributed by atoms with Crippen LogP contribution >= 0.6 is 0 Å². The number of aromatic nitrogens is 2. The Hall–Kier alpha value is -1.68. The van der Waals surface area contributed by atoms with E-state index >= 15 is 0 Å². The zero-order valence-electron chi connectivity index (χ0n) is 12.3. The zero-order valence-corrected chi connectivity index (χ0v) is 12.3. The maximum atomic E-state index is 5.42. The molecule has 4 nitrogen and oxygen atoms in total. The molecule has 1 N–H and O–H groups in total. The molecular formula is C16H21N3O. The standard InChI is InChI=1S/C16H21N3O/c1-10(2)14(17-3)9-15-18-16(19-20-15)13-8-11-6-4-5-7-12(11)13/h4-7,10,13-14,17H,8-9H2,1-3H3. The molecule has 0 aliphatic heterocycles. The van der Waals surface area contributed by atoms with Gasteiger partial charge in [-0.3, -0.25) is 0 Å². The van der Waals surface area contributed by atoms with E-state index in [0.717, 1.165) is 24.6 Å². The fourth-order valence-corrected chi connectivity index (χ4v) is 2.84. The van der Waals surface area contributed by atoms with Crippen molar-refractivity contribution in [3.63, 3.8) is 0 Å². The van der Waals surface area contributed by atoms with Gasteiger partial charge < -0.3 is 9.84 Å². The Morgan fingerprint density at radius 1 is 1.35 bits per heavy atom. The molecule has 3 rings (SSSR count). The molecule has 0 radical (unpaired) electrons. The van der Waals surface area contributed by atoms with Crippen molar-refractivity contribution in [3.8, 4) is 0 Å². The molecule has 20 heavy (non-hydrogen) atoms. The van der Waals surface area contributed by atoms with E-state index in [-0.39, 0.29) is 0 Å². The number of benzene rings is 1. The Labute approximate surface area is 119 Å². The van der Waals surface area contributed by atoms with Gasteiger partial charge in [0.05, 0.1) is 5.92 Å². The van der Waals surface area contributed by atoms with Crippen LogP contribution in [0.1, 0.15) is 42.6 Å². The smallest absolute Gasteiger partial charge is 0.228 e. The minimum Gasteiger partial charge on any atom is -0.339 e. The molecule has 0 amide bonds. The molecule has 4 heteroatoms. The Morgan fingerprint density at radius 2 is 2.15 bits per heavy atom. The highest BCUT2D eigenvalue weighted by Crippen LogP contribution is 2.38. The number of nitrogens with one attached hydrogen (secondary N) is 1. The van der Waals surface area contributed by atoms with E-state index in [2.05, 4.69) is 53.6 Å². The van der Waals surface area contributed by atoms with E-state index < -0.39 is 0 Å². The highest BCUT2D eigenvalue weighted by Gasteiger charge is 2.31. The predicted octanol–water partition coefficient (Wildman–Crippen LogP) is 2.54. The van der Waals surface area contributed by atoms with Crippen LogP contribution in [0.15, 0.2) is 28.8 Å². The fraction of sp³-hybridized carbons (Fsp3) is 0.500. The summed E-state index contributed by atoms with van der Waals surface area (Å²) in [6.07, 6.45) is 1.81. The first-order valence-corrected chi connectivity index (χ1v) is 7.26. The quantitative estimate of drug-likeness (QED) is 0.908. The Morgan fingerprint density at radius 3 is 2.85 bits per heavy atom. The Balaban J connectivity index is 1.72. The van der Waals surface area contributed by atoms with Crippen molar-refractivity contribution in [1.82, 2.24) is 15.5 Å². The predicted molar refractivity (Wildman–Crippen MR) is 77.7 cm³/mol. The number of nitrogens with zero attached hydrogens (tertiary/aromatic N) is 2. The third-order valence-corrected chi connectivity index (χ3v) is 4.22. The lowest BCUT2D eigenvalue weighted by Crippen LogP contribution is -2.32. The number of likely N-dealkylation sites (N-methyl/N-ethyl adjacent to an activating group) is 1. The molecule has 2 aromatic rings. The van der Waals surface area contributed by atoms with Gasteiger partial charge in [-0.1, -0.05) is 43.3 Å². The van der Waals surface area contributed by atoms with Crippen LogP contribution in [0.3, 0.4) is 0 Å². The summed E-state index contributed by atoms with van der Waals surface area (Å²) in [7, 11) is 1.98. The van der Waals surface area contributed by atoms with Gasteiger partial charge in [0.15, 0.2) is 5.82 Å². The lowest BCUT2D eigenvalue weighted by atomic mass is 9.77. The molecule has 106 valence electrons. The summed E-state index contributed by atoms with van der Waals surface area (Å²) in [4.78, 5) is 4.58. The van der Waals surface area contributed by atoms with Gasteiger partial charge in [0.1, 0.15) is 0 Å². The molecule has 0 saturated carbocycles. The molecule has 1 aromatic carbocycles. The van der Waals surface area contributed by atoms with E-state index in [1.54, 1.807) is 0 Å². The molecule has 2 unspecified atom stereocenters. The summed E-state index contributed by atoms with van der Waals surface area (Å²) in [6.45, 7) is 4.39. The van der Waals surface area contributed by atoms with Crippen molar-refractivity contribution >= 4 is 0 Å². The van der Waals surface area contributed by atoms with Crippen LogP contribution in [0.2, 0.25) is 0 Å². The van der Waals surface area contributed by atoms with E-state index in [0.29, 0.717) is 17.9 Å². The molecule has 2 atom stereocenters. The van der Waals surface area contributed by atoms with Gasteiger partial charge in [-0.15, -0.1) is 0 Å². The second kappa shape index (κ2) is 5.37. The highest BCUT2D eigenvalue weighted by atomic mass is 16.5. The van der Waals surface area contributed by atoms with E-state index in [4.69, 9.17) is 4.52 Å². The van der Waals surface area contributed by atoms with Crippen molar-refractivity contribution in [2.24, 2.45) is 5.92 Å². The normalized spacial score (nSPS) is 18.7. The first kappa shape index (κ1) is 13.3. The van der Waals surface area contributed by atoms with E-state index in [9.17, 15) is 0 Å². The number of rotatable bonds is 5. The van der Waals surface area contributed by atoms with Crippen LogP contribution in [0.5, 0.6) is 0 Å². The van der Waals surface area contributed by atoms with Crippen LogP contribution in [-0.4, -0.2) is 23.2 Å². The van der Waals surface area contributed by atoms with Gasteiger partial charge >= 0.3 is 0 Å². The lowest BCUT2D eigenvalue weighted by molar-refractivity contribution is 0.332. The fourth-order valence-electron chi connectivity index (χ4n) is 2.84. The lowest BCUT2D eigenvalue weighted by Gasteiger charge is -2.27. The van der Waals surface area contributed by atoms with Crippen LogP contribution in [0.25, 0.3) is 0 Å². The molecule has 1 aliphatic rings. The first-order valence-electron chi connectivity index (χ1n) is 7.26. The van der Waals surface area contributed by atoms with Crippen molar-refractivity contribution in [2.45, 2.75) is 38.6 Å². The number of hydrogen-bond donors (Lipinski definition) is 1. The maximum Gasteiger partial charge on any atom is 0.228 e. The topological polar surface area (TPSA) is 51.0 Å². The molecule has 0 spiro atoms. The molecule has 1 aromatic heterocycles. The van der Waals surface area contributed by atoms with Crippen LogP contribution in [0.4, 0.5) is 0 Å². The number of hydrogen-bond acceptors (Lipinski definition) is 4. The summed E-state index contributed by atoms with van der Waals surface area (Å²) in [5.41, 5.74) is 2.74. The van der Waals surface area contributed by atoms with E-state index in [1.165, 1.54) is 11.1 Å². The SMILES string of the molecule is CNC(Cc1nc(C2Cc3ccccc32)no1)C(C)C. The largest absolute Gasteiger partial charge is 0.339 e. The molecule has 1 aliphatic carbocycles. The Kier molecular flexibility index (Phi) is 3.57. The zero-order chi connectivity index (χ0) is 14.1. The van der Waals surface area contributed by atoms with Crippen LogP contribution in [0, 0.1) is 5.92 Å². The molecular weight excluding hydrogens is 250 g/mol. The van der Waals surface area contributed by atoms with Gasteiger partial charge in [-0.25, -0.2) is 0 Å². The van der Waals surface area contributed by atoms with Gasteiger partial charge in [0.25, 0.3) is 0 Å². The molecule has 0 saturated heterocycles. The summed E-state index contributed by atoms with van der Waals surface area (Å²) in [5.74, 6) is 2.42. The summed E-state index contributed by atoms with van der Waals surface area (Å²) in [5, 5.41) is 7.47. The molecule has 0 bridgehead atoms. The molecule has 0 fully saturated rings. The summed E-state index contributed by atoms with van der Waals surface area (Å²) >= 11 is 0. The maximum absolute atomic E-state index is 5.42. The van der Waals surface area contributed by atoms with Gasteiger partial charge in [0.2, 0.25) is 5.89 Å². The van der Waals surface area contributed by atoms with Crippen molar-refractivity contribution < 1.29 is 4.52 Å². The van der Waals surface area contributed by atoms with Gasteiger partial charge in [0, 0.05) is 12.5 Å². The minimum atomic E-state index is 0.316. The van der Waals surface area contributed by atoms with Crippen molar-refractivity contribution in [1.29, 1.82) is 0 Å². The third kappa shape index (κ3) is 2.36. The van der Waals surface area contributed by atoms with Crippen molar-refractivity contribution in [3.05, 3.63) is 47.1 Å². The van der Waals surface area contributed by atoms with Gasteiger partial charge in [-0.2, -0.15) is 4.98 Å². The van der Waals surface area contributed by atoms with Crippen molar-refractivity contribution in [2.75, 3.05) is 7.05 Å². The number of fused-ring (bicyclic) bond motifs is 1. The first-order chi connectivity index (χ1) is 9.69. The average Bonchev–Trinajstić information content (AvgIpc) is 2.85. The second-order valence-electron chi connectivity index (χ2n) is 5.85. The minimum absolute atomic E-state index is 0.316. The monoisotopic (exact) mass is 271 g/mol. The van der Waals surface area contributed by atoms with E-state index in [1.807, 2.05) is 7.05 Å². The summed E-state index contributed by atoms with van der Waals surface area (Å²) < 4.78 is 5.42. The van der Waals surface area contributed by atoms with Crippen LogP contribution in [-0.2, 0) is 12.8 Å². The van der Waals surface area contributed by atoms with Crippen LogP contribution < -0.4 is 5.32 Å². The Bertz CT molecular complexity index is 591. The molecule has 1 heterocycles. The summed E-state index contributed by atoms with van der Waals surface area (Å²) in [6, 6.07) is 8.85. The van der Waals surface area contributed by atoms with Gasteiger partial charge in [-0.05, 0) is 30.5 Å². The average molecular weight is 271 g/mol. The third-order valence-electron chi connectivity index (χ3n) is 4.22.